The van der Waals surface area contributed by atoms with Crippen LogP contribution in [0.25, 0.3) is 0 Å². The second-order valence-electron chi connectivity index (χ2n) is 4.40. The van der Waals surface area contributed by atoms with Gasteiger partial charge in [0, 0.05) is 25.8 Å². The molecule has 0 saturated heterocycles. The van der Waals surface area contributed by atoms with E-state index < -0.39 is 0 Å². The lowest BCUT2D eigenvalue weighted by Crippen LogP contribution is -2.34. The van der Waals surface area contributed by atoms with Crippen LogP contribution in [0, 0.1) is 11.3 Å². The van der Waals surface area contributed by atoms with E-state index in [0.29, 0.717) is 24.8 Å². The van der Waals surface area contributed by atoms with Crippen LogP contribution in [-0.2, 0) is 18.4 Å². The third-order valence-electron chi connectivity index (χ3n) is 2.73. The number of nitrogens with one attached hydrogen (secondary N) is 2. The fourth-order valence-electron chi connectivity index (χ4n) is 1.67. The molecule has 0 radical (unpaired) electrons. The van der Waals surface area contributed by atoms with E-state index in [9.17, 15) is 4.79 Å². The Morgan fingerprint density at radius 1 is 1.65 bits per heavy atom. The molecule has 1 aliphatic carbocycles. The predicted octanol–water partition coefficient (Wildman–Crippen LogP) is 0.265. The van der Waals surface area contributed by atoms with Crippen molar-refractivity contribution in [3.63, 3.8) is 0 Å². The van der Waals surface area contributed by atoms with Crippen molar-refractivity contribution in [1.82, 2.24) is 15.2 Å². The fourth-order valence-corrected chi connectivity index (χ4v) is 1.67. The fraction of sp³-hybridized carbons (Fsp3) is 0.500. The Bertz CT molecular complexity index is 454. The topological polar surface area (TPSA) is 69.8 Å². The highest BCUT2D eigenvalue weighted by molar-refractivity contribution is 5.78. The smallest absolute Gasteiger partial charge is 0.234 e. The van der Waals surface area contributed by atoms with Crippen molar-refractivity contribution in [2.45, 2.75) is 25.4 Å². The summed E-state index contributed by atoms with van der Waals surface area (Å²) in [5.41, 5.74) is 1.65. The summed E-state index contributed by atoms with van der Waals surface area (Å²) in [6.07, 6.45) is 4.11. The molecule has 0 aliphatic heterocycles. The first-order valence-electron chi connectivity index (χ1n) is 5.74. The van der Waals surface area contributed by atoms with E-state index in [2.05, 4.69) is 16.7 Å². The molecule has 1 aromatic rings. The van der Waals surface area contributed by atoms with Crippen LogP contribution in [0.5, 0.6) is 0 Å². The highest BCUT2D eigenvalue weighted by atomic mass is 16.2. The van der Waals surface area contributed by atoms with Crippen molar-refractivity contribution in [3.05, 3.63) is 23.5 Å². The first kappa shape index (κ1) is 11.7. The van der Waals surface area contributed by atoms with Gasteiger partial charge in [0.15, 0.2) is 0 Å². The van der Waals surface area contributed by atoms with Gasteiger partial charge < -0.3 is 15.2 Å². The molecular formula is C12H16N4O. The molecule has 1 heterocycles. The zero-order chi connectivity index (χ0) is 12.3. The molecule has 17 heavy (non-hydrogen) atoms. The SMILES string of the molecule is Cn1cc(CNCC(=O)NC2CC2)cc1C#N. The molecule has 0 unspecified atom stereocenters. The maximum Gasteiger partial charge on any atom is 0.234 e. The van der Waals surface area contributed by atoms with Crippen LogP contribution in [-0.4, -0.2) is 23.1 Å². The first-order chi connectivity index (χ1) is 8.19. The van der Waals surface area contributed by atoms with E-state index in [-0.39, 0.29) is 5.91 Å². The maximum absolute atomic E-state index is 11.4. The standard InChI is InChI=1S/C12H16N4O/c1-16-8-9(4-11(16)5-13)6-14-7-12(17)15-10-2-3-10/h4,8,10,14H,2-3,6-7H2,1H3,(H,15,17). The van der Waals surface area contributed by atoms with Gasteiger partial charge in [-0.1, -0.05) is 0 Å². The summed E-state index contributed by atoms with van der Waals surface area (Å²) in [5.74, 6) is 0.0453. The molecule has 5 nitrogen and oxygen atoms in total. The van der Waals surface area contributed by atoms with E-state index in [4.69, 9.17) is 5.26 Å². The first-order valence-corrected chi connectivity index (χ1v) is 5.74. The van der Waals surface area contributed by atoms with Crippen LogP contribution in [0.3, 0.4) is 0 Å². The Morgan fingerprint density at radius 3 is 3.00 bits per heavy atom. The summed E-state index contributed by atoms with van der Waals surface area (Å²) >= 11 is 0. The Morgan fingerprint density at radius 2 is 2.41 bits per heavy atom. The highest BCUT2D eigenvalue weighted by Crippen LogP contribution is 2.18. The minimum absolute atomic E-state index is 0.0453. The van der Waals surface area contributed by atoms with Crippen LogP contribution in [0.15, 0.2) is 12.3 Å². The summed E-state index contributed by atoms with van der Waals surface area (Å²) < 4.78 is 1.78. The van der Waals surface area contributed by atoms with Gasteiger partial charge in [0.2, 0.25) is 5.91 Å². The summed E-state index contributed by atoms with van der Waals surface area (Å²) in [6, 6.07) is 4.34. The molecule has 0 bridgehead atoms. The largest absolute Gasteiger partial charge is 0.352 e. The van der Waals surface area contributed by atoms with Gasteiger partial charge in [-0.3, -0.25) is 4.79 Å². The lowest BCUT2D eigenvalue weighted by molar-refractivity contribution is -0.120. The summed E-state index contributed by atoms with van der Waals surface area (Å²) in [5, 5.41) is 14.8. The van der Waals surface area contributed by atoms with E-state index >= 15 is 0 Å². The average Bonchev–Trinajstić information content (AvgIpc) is 3.01. The van der Waals surface area contributed by atoms with Crippen molar-refractivity contribution < 1.29 is 4.79 Å². The van der Waals surface area contributed by atoms with Gasteiger partial charge in [-0.05, 0) is 24.5 Å². The number of carbonyl (C=O) groups excluding carboxylic acids is 1. The maximum atomic E-state index is 11.4. The van der Waals surface area contributed by atoms with Gasteiger partial charge in [-0.2, -0.15) is 5.26 Å². The molecule has 2 N–H and O–H groups in total. The highest BCUT2D eigenvalue weighted by Gasteiger charge is 2.22. The van der Waals surface area contributed by atoms with Crippen molar-refractivity contribution in [2.75, 3.05) is 6.54 Å². The minimum atomic E-state index is 0.0453. The molecule has 1 saturated carbocycles. The summed E-state index contributed by atoms with van der Waals surface area (Å²) in [4.78, 5) is 11.4. The molecule has 0 spiro atoms. The molecule has 1 amide bonds. The zero-order valence-corrected chi connectivity index (χ0v) is 9.86. The van der Waals surface area contributed by atoms with Gasteiger partial charge in [-0.15, -0.1) is 0 Å². The molecule has 0 atom stereocenters. The Kier molecular flexibility index (Phi) is 3.45. The summed E-state index contributed by atoms with van der Waals surface area (Å²) in [6.45, 7) is 0.931. The van der Waals surface area contributed by atoms with Crippen LogP contribution >= 0.6 is 0 Å². The Balaban J connectivity index is 1.73. The van der Waals surface area contributed by atoms with Crippen molar-refractivity contribution in [3.8, 4) is 6.07 Å². The van der Waals surface area contributed by atoms with E-state index in [1.807, 2.05) is 19.3 Å². The summed E-state index contributed by atoms with van der Waals surface area (Å²) in [7, 11) is 1.84. The number of carbonyl (C=O) groups is 1. The number of rotatable bonds is 5. The van der Waals surface area contributed by atoms with E-state index in [0.717, 1.165) is 18.4 Å². The number of hydrogen-bond donors (Lipinski definition) is 2. The number of aryl methyl sites for hydroxylation is 1. The number of nitriles is 1. The van der Waals surface area contributed by atoms with Crippen molar-refractivity contribution in [2.24, 2.45) is 7.05 Å². The molecule has 5 heteroatoms. The van der Waals surface area contributed by atoms with Gasteiger partial charge in [0.25, 0.3) is 0 Å². The second-order valence-corrected chi connectivity index (χ2v) is 4.40. The normalized spacial score (nSPS) is 14.4. The quantitative estimate of drug-likeness (QED) is 0.765. The molecule has 1 fully saturated rings. The zero-order valence-electron chi connectivity index (χ0n) is 9.86. The number of aromatic nitrogens is 1. The van der Waals surface area contributed by atoms with Gasteiger partial charge in [-0.25, -0.2) is 0 Å². The molecule has 1 aliphatic rings. The minimum Gasteiger partial charge on any atom is -0.352 e. The average molecular weight is 232 g/mol. The van der Waals surface area contributed by atoms with Crippen molar-refractivity contribution >= 4 is 5.91 Å². The van der Waals surface area contributed by atoms with Gasteiger partial charge >= 0.3 is 0 Å². The molecule has 90 valence electrons. The van der Waals surface area contributed by atoms with Gasteiger partial charge in [0.1, 0.15) is 11.8 Å². The van der Waals surface area contributed by atoms with Crippen LogP contribution < -0.4 is 10.6 Å². The third-order valence-corrected chi connectivity index (χ3v) is 2.73. The number of hydrogen-bond acceptors (Lipinski definition) is 3. The van der Waals surface area contributed by atoms with Crippen LogP contribution in [0.2, 0.25) is 0 Å². The molecule has 1 aromatic heterocycles. The third kappa shape index (κ3) is 3.33. The molecule has 0 aromatic carbocycles. The Hall–Kier alpha value is -1.80. The molecule has 2 rings (SSSR count). The van der Waals surface area contributed by atoms with E-state index in [1.165, 1.54) is 0 Å². The van der Waals surface area contributed by atoms with Crippen molar-refractivity contribution in [1.29, 1.82) is 5.26 Å². The molecular weight excluding hydrogens is 216 g/mol. The van der Waals surface area contributed by atoms with Gasteiger partial charge in [0.05, 0.1) is 6.54 Å². The van der Waals surface area contributed by atoms with Crippen LogP contribution in [0.4, 0.5) is 0 Å². The monoisotopic (exact) mass is 232 g/mol. The van der Waals surface area contributed by atoms with E-state index in [1.54, 1.807) is 4.57 Å². The lowest BCUT2D eigenvalue weighted by Gasteiger charge is -2.04. The lowest BCUT2D eigenvalue weighted by atomic mass is 10.3. The predicted molar refractivity (Wildman–Crippen MR) is 63.0 cm³/mol. The second kappa shape index (κ2) is 5.02. The number of amides is 1. The Labute approximate surface area is 100 Å². The number of nitrogens with zero attached hydrogens (tertiary/aromatic N) is 2. The van der Waals surface area contributed by atoms with Crippen LogP contribution in [0.1, 0.15) is 24.1 Å².